The highest BCUT2D eigenvalue weighted by molar-refractivity contribution is 14.1. The Labute approximate surface area is 104 Å². The number of benzene rings is 1. The molecule has 0 saturated heterocycles. The third kappa shape index (κ3) is 1.96. The van der Waals surface area contributed by atoms with Gasteiger partial charge >= 0.3 is 0 Å². The highest BCUT2D eigenvalue weighted by Crippen LogP contribution is 2.32. The average Bonchev–Trinajstić information content (AvgIpc) is 2.42. The van der Waals surface area contributed by atoms with Crippen molar-refractivity contribution in [1.82, 2.24) is 0 Å². The lowest BCUT2D eigenvalue weighted by Gasteiger charge is -1.99. The molecule has 0 saturated carbocycles. The molecule has 0 fully saturated rings. The first kappa shape index (κ1) is 10.0. The second-order valence-corrected chi connectivity index (χ2v) is 5.81. The summed E-state index contributed by atoms with van der Waals surface area (Å²) in [5.74, 6) is 0.557. The molecule has 2 rings (SSSR count). The van der Waals surface area contributed by atoms with Crippen LogP contribution in [0, 0.1) is 3.57 Å². The van der Waals surface area contributed by atoms with E-state index in [1.54, 1.807) is 11.3 Å². The lowest BCUT2D eigenvalue weighted by molar-refractivity contribution is 1.40. The predicted octanol–water partition coefficient (Wildman–Crippen LogP) is 4.90. The van der Waals surface area contributed by atoms with Gasteiger partial charge in [0.2, 0.25) is 0 Å². The Hall–Kier alpha value is 0.490. The molecule has 0 aliphatic carbocycles. The van der Waals surface area contributed by atoms with Crippen molar-refractivity contribution in [3.05, 3.63) is 31.7 Å². The van der Waals surface area contributed by atoms with Crippen LogP contribution in [0.2, 0.25) is 4.34 Å². The van der Waals surface area contributed by atoms with Crippen LogP contribution >= 0.6 is 57.1 Å². The van der Waals surface area contributed by atoms with Gasteiger partial charge in [0.1, 0.15) is 0 Å². The standard InChI is InChI=1S/C9H5Cl2IS/c10-4-6-1-5-2-9(11)13-8(5)3-7(6)12/h1-3H,4H2. The summed E-state index contributed by atoms with van der Waals surface area (Å²) in [6.45, 7) is 0. The molecule has 2 aromatic rings. The molecule has 0 radical (unpaired) electrons. The van der Waals surface area contributed by atoms with E-state index in [4.69, 9.17) is 23.2 Å². The number of hydrogen-bond donors (Lipinski definition) is 0. The van der Waals surface area contributed by atoms with Crippen LogP contribution in [0.5, 0.6) is 0 Å². The average molecular weight is 343 g/mol. The van der Waals surface area contributed by atoms with Crippen molar-refractivity contribution in [2.45, 2.75) is 5.88 Å². The molecule has 0 unspecified atom stereocenters. The fraction of sp³-hybridized carbons (Fsp3) is 0.111. The van der Waals surface area contributed by atoms with Gasteiger partial charge in [0.25, 0.3) is 0 Å². The Morgan fingerprint density at radius 1 is 1.31 bits per heavy atom. The predicted molar refractivity (Wildman–Crippen MR) is 69.1 cm³/mol. The molecular weight excluding hydrogens is 338 g/mol. The Morgan fingerprint density at radius 2 is 2.08 bits per heavy atom. The van der Waals surface area contributed by atoms with Crippen LogP contribution in [-0.2, 0) is 5.88 Å². The number of hydrogen-bond acceptors (Lipinski definition) is 1. The second kappa shape index (κ2) is 3.93. The van der Waals surface area contributed by atoms with Gasteiger partial charge in [0.05, 0.1) is 4.34 Å². The molecule has 0 bridgehead atoms. The molecule has 0 N–H and O–H groups in total. The number of rotatable bonds is 1. The summed E-state index contributed by atoms with van der Waals surface area (Å²) in [6, 6.07) is 6.21. The van der Waals surface area contributed by atoms with E-state index in [2.05, 4.69) is 34.7 Å². The van der Waals surface area contributed by atoms with E-state index in [9.17, 15) is 0 Å². The summed E-state index contributed by atoms with van der Waals surface area (Å²) in [7, 11) is 0. The van der Waals surface area contributed by atoms with E-state index < -0.39 is 0 Å². The maximum absolute atomic E-state index is 5.91. The van der Waals surface area contributed by atoms with Crippen molar-refractivity contribution >= 4 is 67.2 Å². The Bertz CT molecular complexity index is 450. The Balaban J connectivity index is 2.72. The first-order valence-electron chi connectivity index (χ1n) is 3.64. The zero-order valence-corrected chi connectivity index (χ0v) is 11.0. The van der Waals surface area contributed by atoms with Gasteiger partial charge in [-0.3, -0.25) is 0 Å². The Morgan fingerprint density at radius 3 is 2.77 bits per heavy atom. The van der Waals surface area contributed by atoms with Crippen LogP contribution in [0.1, 0.15) is 5.56 Å². The van der Waals surface area contributed by atoms with E-state index in [1.807, 2.05) is 6.07 Å². The van der Waals surface area contributed by atoms with Crippen molar-refractivity contribution in [1.29, 1.82) is 0 Å². The third-order valence-corrected chi connectivity index (χ3v) is 4.32. The second-order valence-electron chi connectivity index (χ2n) is 2.67. The quantitative estimate of drug-likeness (QED) is 0.511. The number of alkyl halides is 1. The summed E-state index contributed by atoms with van der Waals surface area (Å²) in [6.07, 6.45) is 0. The van der Waals surface area contributed by atoms with Gasteiger partial charge in [-0.1, -0.05) is 11.6 Å². The zero-order valence-electron chi connectivity index (χ0n) is 6.48. The number of thiophene rings is 1. The molecule has 0 nitrogen and oxygen atoms in total. The molecule has 0 aliphatic rings. The zero-order chi connectivity index (χ0) is 9.42. The fourth-order valence-corrected chi connectivity index (χ4v) is 3.67. The normalized spacial score (nSPS) is 11.0. The van der Waals surface area contributed by atoms with Crippen molar-refractivity contribution in [3.63, 3.8) is 0 Å². The smallest absolute Gasteiger partial charge is 0.0940 e. The molecule has 1 heterocycles. The van der Waals surface area contributed by atoms with Crippen LogP contribution in [0.4, 0.5) is 0 Å². The first-order valence-corrected chi connectivity index (χ1v) is 6.45. The summed E-state index contributed by atoms with van der Waals surface area (Å²) in [5, 5.41) is 1.19. The van der Waals surface area contributed by atoms with E-state index in [1.165, 1.54) is 19.2 Å². The van der Waals surface area contributed by atoms with Gasteiger partial charge in [-0.2, -0.15) is 0 Å². The number of fused-ring (bicyclic) bond motifs is 1. The van der Waals surface area contributed by atoms with E-state index in [0.29, 0.717) is 5.88 Å². The number of halogens is 3. The molecule has 13 heavy (non-hydrogen) atoms. The van der Waals surface area contributed by atoms with Crippen molar-refractivity contribution in [3.8, 4) is 0 Å². The van der Waals surface area contributed by atoms with Crippen LogP contribution in [0.15, 0.2) is 18.2 Å². The molecule has 0 spiro atoms. The Kier molecular flexibility index (Phi) is 3.03. The van der Waals surface area contributed by atoms with Crippen molar-refractivity contribution < 1.29 is 0 Å². The highest BCUT2D eigenvalue weighted by Gasteiger charge is 2.04. The minimum atomic E-state index is 0.557. The van der Waals surface area contributed by atoms with Gasteiger partial charge in [-0.25, -0.2) is 0 Å². The van der Waals surface area contributed by atoms with Crippen molar-refractivity contribution in [2.24, 2.45) is 0 Å². The van der Waals surface area contributed by atoms with Gasteiger partial charge in [0, 0.05) is 14.2 Å². The summed E-state index contributed by atoms with van der Waals surface area (Å²) >= 11 is 15.6. The summed E-state index contributed by atoms with van der Waals surface area (Å²) < 4.78 is 3.26. The molecule has 1 aromatic heterocycles. The maximum Gasteiger partial charge on any atom is 0.0940 e. The van der Waals surface area contributed by atoms with E-state index >= 15 is 0 Å². The minimum Gasteiger partial charge on any atom is -0.123 e. The lowest BCUT2D eigenvalue weighted by Crippen LogP contribution is -1.82. The summed E-state index contributed by atoms with van der Waals surface area (Å²) in [4.78, 5) is 0. The minimum absolute atomic E-state index is 0.557. The van der Waals surface area contributed by atoms with Crippen LogP contribution in [-0.4, -0.2) is 0 Å². The summed E-state index contributed by atoms with van der Waals surface area (Å²) in [5.41, 5.74) is 1.17. The van der Waals surface area contributed by atoms with Gasteiger partial charge < -0.3 is 0 Å². The first-order chi connectivity index (χ1) is 6.20. The van der Waals surface area contributed by atoms with Crippen LogP contribution in [0.25, 0.3) is 10.1 Å². The monoisotopic (exact) mass is 342 g/mol. The molecule has 68 valence electrons. The molecule has 0 atom stereocenters. The van der Waals surface area contributed by atoms with Crippen molar-refractivity contribution in [2.75, 3.05) is 0 Å². The van der Waals surface area contributed by atoms with Crippen LogP contribution < -0.4 is 0 Å². The van der Waals surface area contributed by atoms with E-state index in [-0.39, 0.29) is 0 Å². The van der Waals surface area contributed by atoms with Gasteiger partial charge in [-0.15, -0.1) is 22.9 Å². The highest BCUT2D eigenvalue weighted by atomic mass is 127. The maximum atomic E-state index is 5.91. The van der Waals surface area contributed by atoms with Gasteiger partial charge in [-0.05, 0) is 51.7 Å². The lowest BCUT2D eigenvalue weighted by atomic mass is 10.2. The topological polar surface area (TPSA) is 0 Å². The SMILES string of the molecule is ClCc1cc2cc(Cl)sc2cc1I. The molecule has 0 aliphatic heterocycles. The largest absolute Gasteiger partial charge is 0.123 e. The third-order valence-electron chi connectivity index (χ3n) is 1.80. The molecule has 4 heteroatoms. The molecule has 1 aromatic carbocycles. The van der Waals surface area contributed by atoms with Crippen LogP contribution in [0.3, 0.4) is 0 Å². The fourth-order valence-electron chi connectivity index (χ4n) is 1.18. The van der Waals surface area contributed by atoms with E-state index in [0.717, 1.165) is 4.34 Å². The molecular formula is C9H5Cl2IS. The van der Waals surface area contributed by atoms with Gasteiger partial charge in [0.15, 0.2) is 0 Å². The molecule has 0 amide bonds.